The van der Waals surface area contributed by atoms with Gasteiger partial charge in [0, 0.05) is 25.4 Å². The molecule has 134 valence electrons. The summed E-state index contributed by atoms with van der Waals surface area (Å²) in [6, 6.07) is 6.02. The van der Waals surface area contributed by atoms with Crippen molar-refractivity contribution in [2.24, 2.45) is 7.05 Å². The Morgan fingerprint density at radius 2 is 2.28 bits per heavy atom. The fourth-order valence-electron chi connectivity index (χ4n) is 3.14. The highest BCUT2D eigenvalue weighted by Crippen LogP contribution is 2.23. The molecular formula is C18H23FN4O2. The summed E-state index contributed by atoms with van der Waals surface area (Å²) >= 11 is 0. The molecular weight excluding hydrogens is 323 g/mol. The van der Waals surface area contributed by atoms with E-state index in [1.165, 1.54) is 12.1 Å². The van der Waals surface area contributed by atoms with Crippen LogP contribution in [0, 0.1) is 12.7 Å². The third-order valence-electron chi connectivity index (χ3n) is 4.43. The smallest absolute Gasteiger partial charge is 0.318 e. The number of hydrogen-bond acceptors (Lipinski definition) is 3. The van der Waals surface area contributed by atoms with E-state index in [0.717, 1.165) is 16.8 Å². The van der Waals surface area contributed by atoms with Gasteiger partial charge < -0.3 is 15.0 Å². The number of aryl methyl sites for hydroxylation is 2. The molecule has 6 nitrogen and oxygen atoms in total. The number of halogens is 1. The van der Waals surface area contributed by atoms with E-state index in [2.05, 4.69) is 10.4 Å². The highest BCUT2D eigenvalue weighted by Gasteiger charge is 2.27. The first-order valence-electron chi connectivity index (χ1n) is 8.36. The van der Waals surface area contributed by atoms with E-state index >= 15 is 0 Å². The van der Waals surface area contributed by atoms with E-state index in [1.54, 1.807) is 15.6 Å². The molecule has 1 aliphatic heterocycles. The van der Waals surface area contributed by atoms with E-state index in [1.807, 2.05) is 33.2 Å². The lowest BCUT2D eigenvalue weighted by atomic mass is 10.1. The number of benzene rings is 1. The van der Waals surface area contributed by atoms with Gasteiger partial charge in [-0.15, -0.1) is 0 Å². The highest BCUT2D eigenvalue weighted by atomic mass is 19.1. The molecule has 1 saturated heterocycles. The van der Waals surface area contributed by atoms with Gasteiger partial charge in [-0.1, -0.05) is 12.1 Å². The predicted molar refractivity (Wildman–Crippen MR) is 91.6 cm³/mol. The molecule has 1 N–H and O–H groups in total. The van der Waals surface area contributed by atoms with Gasteiger partial charge in [-0.2, -0.15) is 5.10 Å². The second kappa shape index (κ2) is 7.23. The summed E-state index contributed by atoms with van der Waals surface area (Å²) in [7, 11) is 1.86. The Bertz CT molecular complexity index is 761. The van der Waals surface area contributed by atoms with Crippen molar-refractivity contribution in [3.63, 3.8) is 0 Å². The first-order valence-corrected chi connectivity index (χ1v) is 8.36. The van der Waals surface area contributed by atoms with Gasteiger partial charge in [0.25, 0.3) is 0 Å². The van der Waals surface area contributed by atoms with Crippen molar-refractivity contribution in [2.45, 2.75) is 26.0 Å². The molecule has 2 aromatic rings. The van der Waals surface area contributed by atoms with E-state index in [0.29, 0.717) is 19.7 Å². The summed E-state index contributed by atoms with van der Waals surface area (Å²) in [5.74, 6) is -0.302. The zero-order valence-corrected chi connectivity index (χ0v) is 14.7. The van der Waals surface area contributed by atoms with Crippen LogP contribution in [0.4, 0.5) is 9.18 Å². The van der Waals surface area contributed by atoms with Gasteiger partial charge in [0.15, 0.2) is 0 Å². The lowest BCUT2D eigenvalue weighted by molar-refractivity contribution is -0.0158. The maximum absolute atomic E-state index is 13.4. The SMILES string of the molecule is Cc1nn(C)cc1C(C)NC(=O)N1CCOC(c2cccc(F)c2)C1. The number of carbonyl (C=O) groups is 1. The molecule has 0 spiro atoms. The fraction of sp³-hybridized carbons (Fsp3) is 0.444. The lowest BCUT2D eigenvalue weighted by Gasteiger charge is -2.34. The largest absolute Gasteiger partial charge is 0.370 e. The molecule has 2 heterocycles. The number of amides is 2. The predicted octanol–water partition coefficient (Wildman–Crippen LogP) is 2.71. The van der Waals surface area contributed by atoms with Gasteiger partial charge in [-0.3, -0.25) is 4.68 Å². The summed E-state index contributed by atoms with van der Waals surface area (Å²) in [6.07, 6.45) is 1.60. The molecule has 1 aromatic heterocycles. The Morgan fingerprint density at radius 3 is 2.96 bits per heavy atom. The van der Waals surface area contributed by atoms with Gasteiger partial charge in [-0.05, 0) is 31.5 Å². The number of aromatic nitrogens is 2. The van der Waals surface area contributed by atoms with Crippen LogP contribution in [0.2, 0.25) is 0 Å². The average Bonchev–Trinajstić information content (AvgIpc) is 2.93. The van der Waals surface area contributed by atoms with E-state index in [-0.39, 0.29) is 24.0 Å². The second-order valence-electron chi connectivity index (χ2n) is 6.38. The third-order valence-corrected chi connectivity index (χ3v) is 4.43. The Kier molecular flexibility index (Phi) is 5.03. The van der Waals surface area contributed by atoms with Crippen molar-refractivity contribution < 1.29 is 13.9 Å². The van der Waals surface area contributed by atoms with Gasteiger partial charge in [0.1, 0.15) is 11.9 Å². The standard InChI is InChI=1S/C18H23FN4O2/c1-12(16-10-22(3)21-13(16)2)20-18(24)23-7-8-25-17(11-23)14-5-4-6-15(19)9-14/h4-6,9-10,12,17H,7-8,11H2,1-3H3,(H,20,24). The molecule has 25 heavy (non-hydrogen) atoms. The molecule has 2 atom stereocenters. The number of carbonyl (C=O) groups excluding carboxylic acids is 1. The van der Waals surface area contributed by atoms with Crippen LogP contribution in [0.3, 0.4) is 0 Å². The Morgan fingerprint density at radius 1 is 1.48 bits per heavy atom. The number of nitrogens with zero attached hydrogens (tertiary/aromatic N) is 3. The first-order chi connectivity index (χ1) is 11.9. The summed E-state index contributed by atoms with van der Waals surface area (Å²) in [6.45, 7) is 5.19. The molecule has 0 bridgehead atoms. The Hall–Kier alpha value is -2.41. The number of rotatable bonds is 3. The normalized spacial score (nSPS) is 18.9. The molecule has 0 aliphatic carbocycles. The number of ether oxygens (including phenoxy) is 1. The average molecular weight is 346 g/mol. The van der Waals surface area contributed by atoms with Crippen molar-refractivity contribution >= 4 is 6.03 Å². The molecule has 2 unspecified atom stereocenters. The highest BCUT2D eigenvalue weighted by molar-refractivity contribution is 5.75. The molecule has 1 aromatic carbocycles. The number of hydrogen-bond donors (Lipinski definition) is 1. The van der Waals surface area contributed by atoms with Crippen LogP contribution in [0.15, 0.2) is 30.5 Å². The minimum Gasteiger partial charge on any atom is -0.370 e. The summed E-state index contributed by atoms with van der Waals surface area (Å²) in [5.41, 5.74) is 2.63. The Balaban J connectivity index is 1.65. The van der Waals surface area contributed by atoms with Crippen LogP contribution in [-0.4, -0.2) is 40.4 Å². The second-order valence-corrected chi connectivity index (χ2v) is 6.38. The van der Waals surface area contributed by atoms with Crippen LogP contribution in [0.25, 0.3) is 0 Å². The quantitative estimate of drug-likeness (QED) is 0.930. The molecule has 1 aliphatic rings. The van der Waals surface area contributed by atoms with Crippen LogP contribution in [0.5, 0.6) is 0 Å². The van der Waals surface area contributed by atoms with Crippen molar-refractivity contribution in [3.05, 3.63) is 53.1 Å². The minimum atomic E-state index is -0.314. The number of nitrogens with one attached hydrogen (secondary N) is 1. The molecule has 3 rings (SSSR count). The topological polar surface area (TPSA) is 59.4 Å². The molecule has 0 radical (unpaired) electrons. The van der Waals surface area contributed by atoms with Crippen LogP contribution in [0.1, 0.15) is 35.9 Å². The molecule has 2 amide bonds. The first kappa shape index (κ1) is 17.4. The van der Waals surface area contributed by atoms with Crippen LogP contribution >= 0.6 is 0 Å². The van der Waals surface area contributed by atoms with E-state index in [4.69, 9.17) is 4.74 Å². The zero-order chi connectivity index (χ0) is 18.0. The molecule has 7 heteroatoms. The van der Waals surface area contributed by atoms with Crippen LogP contribution in [-0.2, 0) is 11.8 Å². The monoisotopic (exact) mass is 346 g/mol. The third kappa shape index (κ3) is 3.99. The zero-order valence-electron chi connectivity index (χ0n) is 14.7. The lowest BCUT2D eigenvalue weighted by Crippen LogP contribution is -2.47. The summed E-state index contributed by atoms with van der Waals surface area (Å²) < 4.78 is 20.9. The van der Waals surface area contributed by atoms with Crippen molar-refractivity contribution in [2.75, 3.05) is 19.7 Å². The maximum Gasteiger partial charge on any atom is 0.318 e. The number of urea groups is 1. The molecule has 1 fully saturated rings. The van der Waals surface area contributed by atoms with E-state index in [9.17, 15) is 9.18 Å². The Labute approximate surface area is 146 Å². The molecule has 0 saturated carbocycles. The van der Waals surface area contributed by atoms with Gasteiger partial charge >= 0.3 is 6.03 Å². The maximum atomic E-state index is 13.4. The van der Waals surface area contributed by atoms with E-state index < -0.39 is 0 Å². The van der Waals surface area contributed by atoms with Gasteiger partial charge in [0.05, 0.1) is 24.9 Å². The summed E-state index contributed by atoms with van der Waals surface area (Å²) in [5, 5.41) is 7.32. The minimum absolute atomic E-state index is 0.142. The fourth-order valence-corrected chi connectivity index (χ4v) is 3.14. The van der Waals surface area contributed by atoms with Crippen molar-refractivity contribution in [1.82, 2.24) is 20.0 Å². The summed E-state index contributed by atoms with van der Waals surface area (Å²) in [4.78, 5) is 14.3. The van der Waals surface area contributed by atoms with Crippen LogP contribution < -0.4 is 5.32 Å². The van der Waals surface area contributed by atoms with Crippen molar-refractivity contribution in [3.8, 4) is 0 Å². The van der Waals surface area contributed by atoms with Gasteiger partial charge in [0.2, 0.25) is 0 Å². The van der Waals surface area contributed by atoms with Gasteiger partial charge in [-0.25, -0.2) is 9.18 Å². The van der Waals surface area contributed by atoms with Crippen molar-refractivity contribution in [1.29, 1.82) is 0 Å². The number of morpholine rings is 1.